The van der Waals surface area contributed by atoms with Gasteiger partial charge in [0.25, 0.3) is 0 Å². The topological polar surface area (TPSA) is 52.4 Å². The van der Waals surface area contributed by atoms with Gasteiger partial charge in [-0.2, -0.15) is 0 Å². The van der Waals surface area contributed by atoms with Crippen molar-refractivity contribution in [2.24, 2.45) is 5.41 Å². The summed E-state index contributed by atoms with van der Waals surface area (Å²) in [5.74, 6) is 2.29. The number of fused-ring (bicyclic) bond motifs is 2. The zero-order valence-electron chi connectivity index (χ0n) is 17.9. The van der Waals surface area contributed by atoms with E-state index in [1.165, 1.54) is 10.9 Å². The molecule has 2 fully saturated rings. The highest BCUT2D eigenvalue weighted by molar-refractivity contribution is 5.84. The molecule has 2 aliphatic heterocycles. The van der Waals surface area contributed by atoms with Gasteiger partial charge in [0, 0.05) is 35.9 Å². The Morgan fingerprint density at radius 3 is 2.77 bits per heavy atom. The summed E-state index contributed by atoms with van der Waals surface area (Å²) in [6, 6.07) is 16.8. The van der Waals surface area contributed by atoms with E-state index in [-0.39, 0.29) is 5.41 Å². The average Bonchev–Trinajstić information content (AvgIpc) is 3.17. The second kappa shape index (κ2) is 7.04. The zero-order valence-corrected chi connectivity index (χ0v) is 17.9. The lowest BCUT2D eigenvalue weighted by molar-refractivity contribution is -0.120. The summed E-state index contributed by atoms with van der Waals surface area (Å²) in [5.41, 5.74) is 4.49. The van der Waals surface area contributed by atoms with Gasteiger partial charge in [0.1, 0.15) is 17.9 Å². The Labute approximate surface area is 181 Å². The highest BCUT2D eigenvalue weighted by Gasteiger charge is 2.34. The Morgan fingerprint density at radius 1 is 1.13 bits per heavy atom. The van der Waals surface area contributed by atoms with E-state index in [4.69, 9.17) is 14.5 Å². The average molecular weight is 415 g/mol. The Balaban J connectivity index is 1.33. The SMILES string of the molecule is CN1CC(c2cccc3ccc(-n4cnc5cc(OCC6(C)COC6)ccc54)nc23)C1. The summed E-state index contributed by atoms with van der Waals surface area (Å²) >= 11 is 0. The summed E-state index contributed by atoms with van der Waals surface area (Å²) < 4.78 is 13.4. The van der Waals surface area contributed by atoms with E-state index in [1.807, 2.05) is 18.5 Å². The fourth-order valence-electron chi connectivity index (χ4n) is 4.58. The number of nitrogens with zero attached hydrogens (tertiary/aromatic N) is 4. The maximum absolute atomic E-state index is 6.01. The van der Waals surface area contributed by atoms with Crippen molar-refractivity contribution < 1.29 is 9.47 Å². The first kappa shape index (κ1) is 18.8. The van der Waals surface area contributed by atoms with Crippen molar-refractivity contribution in [2.75, 3.05) is 40.0 Å². The predicted octanol–water partition coefficient (Wildman–Crippen LogP) is 4.02. The van der Waals surface area contributed by atoms with Gasteiger partial charge >= 0.3 is 0 Å². The van der Waals surface area contributed by atoms with Crippen LogP contribution < -0.4 is 4.74 Å². The van der Waals surface area contributed by atoms with Crippen LogP contribution in [0.1, 0.15) is 18.4 Å². The van der Waals surface area contributed by atoms with E-state index in [0.29, 0.717) is 12.5 Å². The van der Waals surface area contributed by atoms with Crippen molar-refractivity contribution in [1.29, 1.82) is 0 Å². The quantitative estimate of drug-likeness (QED) is 0.494. The standard InChI is InChI=1S/C25H26N4O2/c1-25(13-30-14-25)15-31-19-7-8-22-21(10-19)26-16-29(22)23-9-6-17-4-3-5-20(24(17)27-23)18-11-28(2)12-18/h3-10,16,18H,11-15H2,1-2H3. The minimum absolute atomic E-state index is 0.121. The first-order chi connectivity index (χ1) is 15.1. The molecule has 0 bridgehead atoms. The Morgan fingerprint density at radius 2 is 2.00 bits per heavy atom. The van der Waals surface area contributed by atoms with Crippen molar-refractivity contribution in [3.05, 3.63) is 60.4 Å². The Bertz CT molecular complexity index is 1270. The van der Waals surface area contributed by atoms with E-state index in [2.05, 4.69) is 64.8 Å². The largest absolute Gasteiger partial charge is 0.493 e. The van der Waals surface area contributed by atoms with Crippen LogP contribution in [-0.2, 0) is 4.74 Å². The molecule has 6 heteroatoms. The van der Waals surface area contributed by atoms with Crippen LogP contribution in [0.4, 0.5) is 0 Å². The summed E-state index contributed by atoms with van der Waals surface area (Å²) in [6.07, 6.45) is 1.85. The minimum atomic E-state index is 0.121. The van der Waals surface area contributed by atoms with Crippen molar-refractivity contribution >= 4 is 21.9 Å². The second-order valence-electron chi connectivity index (χ2n) is 9.36. The molecule has 0 unspecified atom stereocenters. The number of likely N-dealkylation sites (N-methyl/N-ethyl adjacent to an activating group) is 1. The molecule has 2 saturated heterocycles. The van der Waals surface area contributed by atoms with Crippen LogP contribution in [0.15, 0.2) is 54.9 Å². The molecule has 4 heterocycles. The van der Waals surface area contributed by atoms with Crippen molar-refractivity contribution in [3.63, 3.8) is 0 Å². The molecule has 0 spiro atoms. The van der Waals surface area contributed by atoms with Crippen LogP contribution >= 0.6 is 0 Å². The van der Waals surface area contributed by atoms with Crippen LogP contribution in [0.25, 0.3) is 27.8 Å². The molecule has 0 radical (unpaired) electrons. The molecule has 0 N–H and O–H groups in total. The summed E-state index contributed by atoms with van der Waals surface area (Å²) in [6.45, 7) is 6.54. The third kappa shape index (κ3) is 3.27. The van der Waals surface area contributed by atoms with Crippen molar-refractivity contribution in [1.82, 2.24) is 19.4 Å². The lowest BCUT2D eigenvalue weighted by Crippen LogP contribution is -2.44. The fourth-order valence-corrected chi connectivity index (χ4v) is 4.58. The highest BCUT2D eigenvalue weighted by atomic mass is 16.5. The highest BCUT2D eigenvalue weighted by Crippen LogP contribution is 2.32. The molecule has 2 aromatic heterocycles. The van der Waals surface area contributed by atoms with Gasteiger partial charge in [-0.25, -0.2) is 9.97 Å². The molecular formula is C25H26N4O2. The molecule has 6 rings (SSSR count). The predicted molar refractivity (Wildman–Crippen MR) is 121 cm³/mol. The maximum Gasteiger partial charge on any atom is 0.139 e. The normalized spacial score (nSPS) is 18.8. The monoisotopic (exact) mass is 414 g/mol. The molecule has 6 nitrogen and oxygen atoms in total. The van der Waals surface area contributed by atoms with E-state index < -0.39 is 0 Å². The van der Waals surface area contributed by atoms with E-state index in [0.717, 1.165) is 54.4 Å². The number of aromatic nitrogens is 3. The second-order valence-corrected chi connectivity index (χ2v) is 9.36. The molecule has 0 atom stereocenters. The van der Waals surface area contributed by atoms with Crippen molar-refractivity contribution in [3.8, 4) is 11.6 Å². The molecule has 31 heavy (non-hydrogen) atoms. The minimum Gasteiger partial charge on any atom is -0.493 e. The number of hydrogen-bond acceptors (Lipinski definition) is 5. The third-order valence-electron chi connectivity index (χ3n) is 6.49. The van der Waals surface area contributed by atoms with E-state index in [9.17, 15) is 0 Å². The van der Waals surface area contributed by atoms with E-state index >= 15 is 0 Å². The van der Waals surface area contributed by atoms with E-state index in [1.54, 1.807) is 0 Å². The van der Waals surface area contributed by atoms with Crippen LogP contribution in [0, 0.1) is 5.41 Å². The van der Waals surface area contributed by atoms with Crippen molar-refractivity contribution in [2.45, 2.75) is 12.8 Å². The first-order valence-electron chi connectivity index (χ1n) is 10.8. The molecule has 4 aromatic rings. The number of benzene rings is 2. The van der Waals surface area contributed by atoms with Crippen LogP contribution in [-0.4, -0.2) is 59.4 Å². The molecule has 2 aromatic carbocycles. The zero-order chi connectivity index (χ0) is 21.0. The van der Waals surface area contributed by atoms with Gasteiger partial charge in [0.2, 0.25) is 0 Å². The summed E-state index contributed by atoms with van der Waals surface area (Å²) in [7, 11) is 2.16. The molecule has 0 saturated carbocycles. The first-order valence-corrected chi connectivity index (χ1v) is 10.8. The molecule has 0 aliphatic carbocycles. The maximum atomic E-state index is 6.01. The van der Waals surface area contributed by atoms with Gasteiger partial charge in [0.15, 0.2) is 0 Å². The Hall–Kier alpha value is -2.96. The van der Waals surface area contributed by atoms with Gasteiger partial charge in [-0.3, -0.25) is 4.57 Å². The number of para-hydroxylation sites is 1. The Kier molecular flexibility index (Phi) is 4.26. The summed E-state index contributed by atoms with van der Waals surface area (Å²) in [4.78, 5) is 12.0. The number of imidazole rings is 1. The summed E-state index contributed by atoms with van der Waals surface area (Å²) in [5, 5.41) is 1.18. The van der Waals surface area contributed by atoms with Crippen LogP contribution in [0.2, 0.25) is 0 Å². The number of likely N-dealkylation sites (tertiary alicyclic amines) is 1. The smallest absolute Gasteiger partial charge is 0.139 e. The molecular weight excluding hydrogens is 388 g/mol. The lowest BCUT2D eigenvalue weighted by Gasteiger charge is -2.37. The van der Waals surface area contributed by atoms with Gasteiger partial charge in [-0.15, -0.1) is 0 Å². The van der Waals surface area contributed by atoms with Gasteiger partial charge < -0.3 is 14.4 Å². The fraction of sp³-hybridized carbons (Fsp3) is 0.360. The molecule has 158 valence electrons. The molecule has 2 aliphatic rings. The van der Waals surface area contributed by atoms with Gasteiger partial charge in [-0.05, 0) is 36.9 Å². The number of ether oxygens (including phenoxy) is 2. The van der Waals surface area contributed by atoms with Crippen LogP contribution in [0.5, 0.6) is 5.75 Å². The number of hydrogen-bond donors (Lipinski definition) is 0. The molecule has 0 amide bonds. The number of pyridine rings is 1. The third-order valence-corrected chi connectivity index (χ3v) is 6.49. The van der Waals surface area contributed by atoms with Gasteiger partial charge in [0.05, 0.1) is 36.4 Å². The lowest BCUT2D eigenvalue weighted by atomic mass is 9.90. The van der Waals surface area contributed by atoms with Crippen LogP contribution in [0.3, 0.4) is 0 Å². The van der Waals surface area contributed by atoms with Gasteiger partial charge in [-0.1, -0.05) is 25.1 Å². The number of rotatable bonds is 5.